The van der Waals surface area contributed by atoms with Crippen molar-refractivity contribution >= 4 is 21.6 Å². The van der Waals surface area contributed by atoms with Gasteiger partial charge in [-0.25, -0.2) is 0 Å². The molecule has 3 nitrogen and oxygen atoms in total. The molecule has 0 saturated carbocycles. The number of fused-ring (bicyclic) bond motifs is 1. The predicted octanol–water partition coefficient (Wildman–Crippen LogP) is 3.47. The van der Waals surface area contributed by atoms with E-state index >= 15 is 0 Å². The van der Waals surface area contributed by atoms with Crippen molar-refractivity contribution in [1.29, 1.82) is 0 Å². The van der Waals surface area contributed by atoms with Gasteiger partial charge >= 0.3 is 0 Å². The van der Waals surface area contributed by atoms with Crippen LogP contribution in [0, 0.1) is 6.92 Å². The molecule has 4 heteroatoms. The fourth-order valence-corrected chi connectivity index (χ4v) is 2.22. The summed E-state index contributed by atoms with van der Waals surface area (Å²) in [5, 5.41) is 8.42. The summed E-state index contributed by atoms with van der Waals surface area (Å²) in [7, 11) is 0. The van der Waals surface area contributed by atoms with Crippen LogP contribution in [0.5, 0.6) is 0 Å². The number of benzene rings is 1. The molecule has 0 unspecified atom stereocenters. The zero-order chi connectivity index (χ0) is 11.8. The van der Waals surface area contributed by atoms with E-state index in [4.69, 9.17) is 0 Å². The van der Waals surface area contributed by atoms with E-state index in [9.17, 15) is 0 Å². The maximum atomic E-state index is 4.24. The Morgan fingerprint density at radius 2 is 2.00 bits per heavy atom. The maximum absolute atomic E-state index is 4.24. The topological polar surface area (TPSA) is 30.2 Å². The quantitative estimate of drug-likeness (QED) is 0.686. The van der Waals surface area contributed by atoms with Crippen molar-refractivity contribution in [3.05, 3.63) is 52.6 Å². The van der Waals surface area contributed by atoms with Gasteiger partial charge in [0.2, 0.25) is 0 Å². The van der Waals surface area contributed by atoms with E-state index in [-0.39, 0.29) is 0 Å². The SMILES string of the molecule is Cc1ccn2c(-c3cccc(Br)c3)nnc2c1. The van der Waals surface area contributed by atoms with Crippen LogP contribution in [0.15, 0.2) is 47.1 Å². The van der Waals surface area contributed by atoms with E-state index < -0.39 is 0 Å². The molecule has 0 spiro atoms. The van der Waals surface area contributed by atoms with Crippen molar-refractivity contribution in [1.82, 2.24) is 14.6 Å². The van der Waals surface area contributed by atoms with Crippen LogP contribution < -0.4 is 0 Å². The highest BCUT2D eigenvalue weighted by Crippen LogP contribution is 2.22. The van der Waals surface area contributed by atoms with Gasteiger partial charge in [-0.1, -0.05) is 28.1 Å². The summed E-state index contributed by atoms with van der Waals surface area (Å²) < 4.78 is 3.04. The summed E-state index contributed by atoms with van der Waals surface area (Å²) in [6.45, 7) is 2.05. The summed E-state index contributed by atoms with van der Waals surface area (Å²) in [6.07, 6.45) is 2.00. The van der Waals surface area contributed by atoms with Gasteiger partial charge < -0.3 is 0 Å². The normalized spacial score (nSPS) is 10.9. The Labute approximate surface area is 107 Å². The number of hydrogen-bond donors (Lipinski definition) is 0. The first-order chi connectivity index (χ1) is 8.24. The predicted molar refractivity (Wildman–Crippen MR) is 70.9 cm³/mol. The van der Waals surface area contributed by atoms with Crippen LogP contribution in [0.3, 0.4) is 0 Å². The third-order valence-electron chi connectivity index (χ3n) is 2.65. The van der Waals surface area contributed by atoms with Gasteiger partial charge in [-0.15, -0.1) is 10.2 Å². The fraction of sp³-hybridized carbons (Fsp3) is 0.0769. The Balaban J connectivity index is 2.24. The summed E-state index contributed by atoms with van der Waals surface area (Å²) in [5.74, 6) is 0.862. The lowest BCUT2D eigenvalue weighted by Crippen LogP contribution is -1.89. The van der Waals surface area contributed by atoms with Crippen molar-refractivity contribution in [2.24, 2.45) is 0 Å². The highest BCUT2D eigenvalue weighted by Gasteiger charge is 2.07. The number of nitrogens with zero attached hydrogens (tertiary/aromatic N) is 3. The van der Waals surface area contributed by atoms with E-state index in [0.717, 1.165) is 21.5 Å². The number of halogens is 1. The summed E-state index contributed by atoms with van der Waals surface area (Å²) in [6, 6.07) is 12.1. The van der Waals surface area contributed by atoms with Crippen molar-refractivity contribution in [3.63, 3.8) is 0 Å². The summed E-state index contributed by atoms with van der Waals surface area (Å²) in [5.41, 5.74) is 3.11. The van der Waals surface area contributed by atoms with E-state index in [1.165, 1.54) is 5.56 Å². The van der Waals surface area contributed by atoms with Crippen LogP contribution >= 0.6 is 15.9 Å². The minimum atomic E-state index is 0.862. The highest BCUT2D eigenvalue weighted by molar-refractivity contribution is 9.10. The van der Waals surface area contributed by atoms with Gasteiger partial charge in [0.1, 0.15) is 0 Å². The van der Waals surface area contributed by atoms with Crippen LogP contribution in [0.1, 0.15) is 5.56 Å². The zero-order valence-electron chi connectivity index (χ0n) is 9.26. The lowest BCUT2D eigenvalue weighted by atomic mass is 10.2. The molecular formula is C13H10BrN3. The van der Waals surface area contributed by atoms with Gasteiger partial charge in [-0.3, -0.25) is 4.40 Å². The molecule has 0 bridgehead atoms. The van der Waals surface area contributed by atoms with E-state index in [1.807, 2.05) is 47.9 Å². The molecule has 0 aliphatic carbocycles. The molecule has 0 atom stereocenters. The minimum absolute atomic E-state index is 0.862. The Morgan fingerprint density at radius 1 is 1.12 bits per heavy atom. The molecule has 1 aromatic carbocycles. The average Bonchev–Trinajstić information content (AvgIpc) is 2.71. The van der Waals surface area contributed by atoms with Gasteiger partial charge in [0.15, 0.2) is 11.5 Å². The number of hydrogen-bond acceptors (Lipinski definition) is 2. The Kier molecular flexibility index (Phi) is 2.44. The molecule has 0 aliphatic heterocycles. The molecule has 3 aromatic rings. The number of pyridine rings is 1. The van der Waals surface area contributed by atoms with Gasteiger partial charge in [0.05, 0.1) is 0 Å². The molecule has 3 rings (SSSR count). The van der Waals surface area contributed by atoms with E-state index in [1.54, 1.807) is 0 Å². The van der Waals surface area contributed by atoms with Crippen LogP contribution in [0.2, 0.25) is 0 Å². The number of aryl methyl sites for hydroxylation is 1. The molecule has 84 valence electrons. The maximum Gasteiger partial charge on any atom is 0.168 e. The molecule has 0 radical (unpaired) electrons. The molecule has 0 amide bonds. The van der Waals surface area contributed by atoms with Gasteiger partial charge in [0.25, 0.3) is 0 Å². The second-order valence-corrected chi connectivity index (χ2v) is 4.88. The Hall–Kier alpha value is -1.68. The van der Waals surface area contributed by atoms with Gasteiger partial charge in [-0.05, 0) is 36.8 Å². The van der Waals surface area contributed by atoms with Crippen molar-refractivity contribution in [2.75, 3.05) is 0 Å². The highest BCUT2D eigenvalue weighted by atomic mass is 79.9. The van der Waals surface area contributed by atoms with Crippen LogP contribution in [-0.2, 0) is 0 Å². The molecule has 17 heavy (non-hydrogen) atoms. The molecule has 0 fully saturated rings. The first-order valence-corrected chi connectivity index (χ1v) is 6.11. The largest absolute Gasteiger partial charge is 0.282 e. The molecule has 0 aliphatic rings. The first-order valence-electron chi connectivity index (χ1n) is 5.31. The van der Waals surface area contributed by atoms with Crippen molar-refractivity contribution < 1.29 is 0 Å². The average molecular weight is 288 g/mol. The molecule has 0 N–H and O–H groups in total. The number of aromatic nitrogens is 3. The molecule has 2 aromatic heterocycles. The van der Waals surface area contributed by atoms with Gasteiger partial charge in [0, 0.05) is 16.2 Å². The van der Waals surface area contributed by atoms with Gasteiger partial charge in [-0.2, -0.15) is 0 Å². The van der Waals surface area contributed by atoms with Crippen molar-refractivity contribution in [3.8, 4) is 11.4 Å². The molecule has 0 saturated heterocycles. The zero-order valence-corrected chi connectivity index (χ0v) is 10.8. The van der Waals surface area contributed by atoms with Crippen LogP contribution in [0.4, 0.5) is 0 Å². The molecular weight excluding hydrogens is 278 g/mol. The summed E-state index contributed by atoms with van der Waals surface area (Å²) >= 11 is 3.47. The van der Waals surface area contributed by atoms with Crippen LogP contribution in [-0.4, -0.2) is 14.6 Å². The standard InChI is InChI=1S/C13H10BrN3/c1-9-5-6-17-12(7-9)15-16-13(17)10-3-2-4-11(14)8-10/h2-8H,1H3. The van der Waals surface area contributed by atoms with Crippen molar-refractivity contribution in [2.45, 2.75) is 6.92 Å². The molecule has 2 heterocycles. The smallest absolute Gasteiger partial charge is 0.168 e. The fourth-order valence-electron chi connectivity index (χ4n) is 1.82. The van der Waals surface area contributed by atoms with E-state index in [2.05, 4.69) is 32.2 Å². The second-order valence-electron chi connectivity index (χ2n) is 3.97. The first kappa shape index (κ1) is 10.5. The lowest BCUT2D eigenvalue weighted by molar-refractivity contribution is 1.11. The Morgan fingerprint density at radius 3 is 2.82 bits per heavy atom. The third-order valence-corrected chi connectivity index (χ3v) is 3.14. The second kappa shape index (κ2) is 3.96. The van der Waals surface area contributed by atoms with E-state index in [0.29, 0.717) is 0 Å². The minimum Gasteiger partial charge on any atom is -0.282 e. The third kappa shape index (κ3) is 1.85. The number of rotatable bonds is 1. The Bertz CT molecular complexity index is 688. The monoisotopic (exact) mass is 287 g/mol. The van der Waals surface area contributed by atoms with Crippen LogP contribution in [0.25, 0.3) is 17.0 Å². The lowest BCUT2D eigenvalue weighted by Gasteiger charge is -2.01. The summed E-state index contributed by atoms with van der Waals surface area (Å²) in [4.78, 5) is 0.